The average Bonchev–Trinajstić information content (AvgIpc) is 3.13. The molecule has 0 aromatic heterocycles. The third-order valence-electron chi connectivity index (χ3n) is 5.78. The van der Waals surface area contributed by atoms with E-state index in [4.69, 9.17) is 4.74 Å². The van der Waals surface area contributed by atoms with E-state index in [1.54, 1.807) is 18.2 Å². The molecule has 2 aliphatic heterocycles. The van der Waals surface area contributed by atoms with Crippen molar-refractivity contribution in [2.75, 3.05) is 36.0 Å². The molecule has 2 saturated heterocycles. The molecular formula is C23H25F2N3O4. The first-order valence-corrected chi connectivity index (χ1v) is 10.6. The molecule has 0 unspecified atom stereocenters. The van der Waals surface area contributed by atoms with E-state index in [0.717, 1.165) is 0 Å². The fourth-order valence-corrected chi connectivity index (χ4v) is 4.04. The number of piperidine rings is 1. The lowest BCUT2D eigenvalue weighted by Gasteiger charge is -2.31. The highest BCUT2D eigenvalue weighted by molar-refractivity contribution is 5.90. The minimum Gasteiger partial charge on any atom is -0.442 e. The zero-order chi connectivity index (χ0) is 22.8. The number of benzene rings is 2. The summed E-state index contributed by atoms with van der Waals surface area (Å²) in [5.41, 5.74) is 1.36. The van der Waals surface area contributed by atoms with Crippen LogP contribution in [0.3, 0.4) is 0 Å². The zero-order valence-electron chi connectivity index (χ0n) is 17.7. The second-order valence-electron chi connectivity index (χ2n) is 8.10. The van der Waals surface area contributed by atoms with Crippen LogP contribution < -0.4 is 15.1 Å². The largest absolute Gasteiger partial charge is 0.442 e. The monoisotopic (exact) mass is 445 g/mol. The van der Waals surface area contributed by atoms with Crippen LogP contribution in [0.1, 0.15) is 19.8 Å². The summed E-state index contributed by atoms with van der Waals surface area (Å²) in [6.07, 6.45) is -0.319. The molecule has 2 heterocycles. The number of carbonyl (C=O) groups excluding carboxylic acids is 2. The number of amides is 2. The maximum absolute atomic E-state index is 14.9. The molecule has 9 heteroatoms. The molecule has 2 aromatic carbocycles. The Morgan fingerprint density at radius 2 is 1.91 bits per heavy atom. The fraction of sp³-hybridized carbons (Fsp3) is 0.391. The number of aliphatic hydroxyl groups is 1. The molecule has 0 saturated carbocycles. The topological polar surface area (TPSA) is 82.1 Å². The number of hydrogen-bond donors (Lipinski definition) is 2. The van der Waals surface area contributed by atoms with Crippen LogP contribution >= 0.6 is 0 Å². The molecule has 32 heavy (non-hydrogen) atoms. The number of halogens is 2. The van der Waals surface area contributed by atoms with Gasteiger partial charge >= 0.3 is 6.09 Å². The van der Waals surface area contributed by atoms with Crippen molar-refractivity contribution in [1.82, 2.24) is 5.32 Å². The Balaban J connectivity index is 1.49. The summed E-state index contributed by atoms with van der Waals surface area (Å²) in [4.78, 5) is 26.4. The van der Waals surface area contributed by atoms with E-state index in [1.165, 1.54) is 30.0 Å². The van der Waals surface area contributed by atoms with E-state index in [1.807, 2.05) is 4.90 Å². The lowest BCUT2D eigenvalue weighted by atomic mass is 10.0. The molecule has 1 atom stereocenters. The van der Waals surface area contributed by atoms with E-state index >= 15 is 0 Å². The molecule has 0 spiro atoms. The van der Waals surface area contributed by atoms with Gasteiger partial charge in [0.1, 0.15) is 17.7 Å². The number of aliphatic hydroxyl groups excluding tert-OH is 1. The minimum atomic E-state index is -0.616. The molecule has 2 aliphatic rings. The van der Waals surface area contributed by atoms with Gasteiger partial charge in [-0.3, -0.25) is 9.69 Å². The predicted molar refractivity (Wildman–Crippen MR) is 116 cm³/mol. The van der Waals surface area contributed by atoms with E-state index in [9.17, 15) is 23.5 Å². The van der Waals surface area contributed by atoms with E-state index < -0.39 is 23.8 Å². The van der Waals surface area contributed by atoms with Crippen LogP contribution in [0.25, 0.3) is 11.1 Å². The summed E-state index contributed by atoms with van der Waals surface area (Å²) < 4.78 is 34.9. The Bertz CT molecular complexity index is 1020. The van der Waals surface area contributed by atoms with Gasteiger partial charge < -0.3 is 20.1 Å². The van der Waals surface area contributed by atoms with Crippen molar-refractivity contribution in [2.45, 2.75) is 32.0 Å². The van der Waals surface area contributed by atoms with Crippen molar-refractivity contribution in [3.8, 4) is 11.1 Å². The second kappa shape index (κ2) is 9.12. The molecule has 0 bridgehead atoms. The molecule has 2 amide bonds. The highest BCUT2D eigenvalue weighted by Crippen LogP contribution is 2.32. The smallest absolute Gasteiger partial charge is 0.414 e. The predicted octanol–water partition coefficient (Wildman–Crippen LogP) is 3.05. The zero-order valence-corrected chi connectivity index (χ0v) is 17.7. The standard InChI is InChI=1S/C23H25F2N3O4/c1-14(29)26-12-18-13-28(23(31)32-18)16-3-4-19(20(24)11-16)15-2-5-22(21(25)10-15)27-8-6-17(30)7-9-27/h2-5,10-11,17-18,30H,6-9,12-13H2,1H3,(H,26,29)/t18-/m0/s1. The van der Waals surface area contributed by atoms with Crippen LogP contribution in [-0.2, 0) is 9.53 Å². The van der Waals surface area contributed by atoms with Crippen molar-refractivity contribution in [3.63, 3.8) is 0 Å². The average molecular weight is 445 g/mol. The SMILES string of the molecule is CC(=O)NC[C@H]1CN(c2ccc(-c3ccc(N4CCC(O)CC4)c(F)c3)c(F)c2)C(=O)O1. The van der Waals surface area contributed by atoms with Gasteiger partial charge in [-0.15, -0.1) is 0 Å². The summed E-state index contributed by atoms with van der Waals surface area (Å²) in [7, 11) is 0. The Hall–Kier alpha value is -3.20. The molecule has 2 aromatic rings. The number of anilines is 2. The normalized spacial score (nSPS) is 19.2. The maximum Gasteiger partial charge on any atom is 0.414 e. The maximum atomic E-state index is 14.9. The Morgan fingerprint density at radius 1 is 1.16 bits per heavy atom. The first kappa shape index (κ1) is 22.0. The molecule has 2 fully saturated rings. The molecule has 2 N–H and O–H groups in total. The van der Waals surface area contributed by atoms with Crippen LogP contribution in [-0.4, -0.2) is 55.5 Å². The van der Waals surface area contributed by atoms with Crippen molar-refractivity contribution < 1.29 is 28.2 Å². The molecule has 0 aliphatic carbocycles. The van der Waals surface area contributed by atoms with E-state index in [2.05, 4.69) is 5.32 Å². The summed E-state index contributed by atoms with van der Waals surface area (Å²) >= 11 is 0. The summed E-state index contributed by atoms with van der Waals surface area (Å²) in [6, 6.07) is 8.89. The van der Waals surface area contributed by atoms with Crippen LogP contribution in [0.15, 0.2) is 36.4 Å². The van der Waals surface area contributed by atoms with Gasteiger partial charge in [0.15, 0.2) is 0 Å². The van der Waals surface area contributed by atoms with Crippen LogP contribution in [0.4, 0.5) is 25.0 Å². The van der Waals surface area contributed by atoms with Crippen molar-refractivity contribution >= 4 is 23.4 Å². The number of rotatable bonds is 5. The number of cyclic esters (lactones) is 1. The van der Waals surface area contributed by atoms with Gasteiger partial charge in [-0.05, 0) is 48.7 Å². The summed E-state index contributed by atoms with van der Waals surface area (Å²) in [5, 5.41) is 12.2. The third kappa shape index (κ3) is 4.67. The highest BCUT2D eigenvalue weighted by Gasteiger charge is 2.32. The Morgan fingerprint density at radius 3 is 2.56 bits per heavy atom. The minimum absolute atomic E-state index is 0.180. The van der Waals surface area contributed by atoms with Crippen molar-refractivity contribution in [1.29, 1.82) is 0 Å². The molecular weight excluding hydrogens is 420 g/mol. The van der Waals surface area contributed by atoms with Gasteiger partial charge in [0.2, 0.25) is 5.91 Å². The van der Waals surface area contributed by atoms with Gasteiger partial charge in [-0.2, -0.15) is 0 Å². The Kier molecular flexibility index (Phi) is 6.27. The molecule has 0 radical (unpaired) electrons. The quantitative estimate of drug-likeness (QED) is 0.739. The summed E-state index contributed by atoms with van der Waals surface area (Å²) in [5.74, 6) is -1.27. The number of nitrogens with one attached hydrogen (secondary N) is 1. The van der Waals surface area contributed by atoms with E-state index in [-0.39, 0.29) is 30.7 Å². The third-order valence-corrected chi connectivity index (χ3v) is 5.78. The van der Waals surface area contributed by atoms with Crippen molar-refractivity contribution in [2.24, 2.45) is 0 Å². The molecule has 4 rings (SSSR count). The second-order valence-corrected chi connectivity index (χ2v) is 8.10. The van der Waals surface area contributed by atoms with Crippen LogP contribution in [0.5, 0.6) is 0 Å². The van der Waals surface area contributed by atoms with Gasteiger partial charge in [-0.1, -0.05) is 6.07 Å². The van der Waals surface area contributed by atoms with E-state index in [0.29, 0.717) is 42.9 Å². The summed E-state index contributed by atoms with van der Waals surface area (Å²) in [6.45, 7) is 2.87. The first-order valence-electron chi connectivity index (χ1n) is 10.6. The Labute approximate surface area is 184 Å². The number of hydrogen-bond acceptors (Lipinski definition) is 5. The first-order chi connectivity index (χ1) is 15.3. The number of ether oxygens (including phenoxy) is 1. The molecule has 7 nitrogen and oxygen atoms in total. The fourth-order valence-electron chi connectivity index (χ4n) is 4.04. The van der Waals surface area contributed by atoms with Gasteiger partial charge in [-0.25, -0.2) is 13.6 Å². The lowest BCUT2D eigenvalue weighted by Crippen LogP contribution is -2.36. The van der Waals surface area contributed by atoms with Crippen molar-refractivity contribution in [3.05, 3.63) is 48.0 Å². The van der Waals surface area contributed by atoms with Gasteiger partial charge in [0, 0.05) is 25.6 Å². The molecule has 170 valence electrons. The van der Waals surface area contributed by atoms with Crippen LogP contribution in [0.2, 0.25) is 0 Å². The number of carbonyl (C=O) groups is 2. The lowest BCUT2D eigenvalue weighted by molar-refractivity contribution is -0.119. The van der Waals surface area contributed by atoms with Gasteiger partial charge in [0.25, 0.3) is 0 Å². The van der Waals surface area contributed by atoms with Gasteiger partial charge in [0.05, 0.1) is 30.6 Å². The number of nitrogens with zero attached hydrogens (tertiary/aromatic N) is 2. The van der Waals surface area contributed by atoms with Crippen LogP contribution in [0, 0.1) is 11.6 Å². The highest BCUT2D eigenvalue weighted by atomic mass is 19.1.